The van der Waals surface area contributed by atoms with Crippen molar-refractivity contribution in [2.75, 3.05) is 0 Å². The van der Waals surface area contributed by atoms with Gasteiger partial charge in [0.05, 0.1) is 31.0 Å². The molecule has 1 N–H and O–H groups in total. The van der Waals surface area contributed by atoms with Crippen LogP contribution in [0.25, 0.3) is 16.1 Å². The highest BCUT2D eigenvalue weighted by Gasteiger charge is 2.11. The number of rotatable bonds is 6. The summed E-state index contributed by atoms with van der Waals surface area (Å²) in [5, 5.41) is 7.16. The summed E-state index contributed by atoms with van der Waals surface area (Å²) in [7, 11) is 0. The molecule has 3 aromatic heterocycles. The second kappa shape index (κ2) is 9.18. The molecule has 1 aromatic carbocycles. The van der Waals surface area contributed by atoms with Crippen LogP contribution in [0.5, 0.6) is 0 Å². The Hall–Kier alpha value is -4.38. The molecule has 0 radical (unpaired) electrons. The van der Waals surface area contributed by atoms with E-state index in [9.17, 15) is 9.18 Å². The molecule has 0 fully saturated rings. The summed E-state index contributed by atoms with van der Waals surface area (Å²) >= 11 is 0. The molecule has 8 heteroatoms. The highest BCUT2D eigenvalue weighted by atomic mass is 19.1. The van der Waals surface area contributed by atoms with Gasteiger partial charge in [-0.1, -0.05) is 24.3 Å². The molecule has 0 saturated carbocycles. The Morgan fingerprint density at radius 2 is 2.06 bits per heavy atom. The van der Waals surface area contributed by atoms with E-state index in [1.807, 2.05) is 31.3 Å². The number of carbonyl (C=O) groups excluding carboxylic acids is 1. The van der Waals surface area contributed by atoms with Crippen LogP contribution in [-0.2, 0) is 13.1 Å². The average molecular weight is 426 g/mol. The van der Waals surface area contributed by atoms with Crippen LogP contribution in [0.15, 0.2) is 67.1 Å². The van der Waals surface area contributed by atoms with Gasteiger partial charge in [-0.3, -0.25) is 19.4 Å². The lowest BCUT2D eigenvalue weighted by atomic mass is 10.1. The molecule has 158 valence electrons. The van der Waals surface area contributed by atoms with Gasteiger partial charge in [0.25, 0.3) is 5.91 Å². The van der Waals surface area contributed by atoms with Crippen molar-refractivity contribution in [1.29, 1.82) is 0 Å². The van der Waals surface area contributed by atoms with E-state index in [-0.39, 0.29) is 23.8 Å². The topological polar surface area (TPSA) is 77.1 Å². The average Bonchev–Trinajstić information content (AvgIpc) is 3.27. The number of amides is 1. The van der Waals surface area contributed by atoms with E-state index in [1.165, 1.54) is 12.3 Å². The van der Waals surface area contributed by atoms with Gasteiger partial charge in [0, 0.05) is 18.6 Å². The van der Waals surface area contributed by atoms with Crippen LogP contribution in [0.1, 0.15) is 27.3 Å². The second-order valence-corrected chi connectivity index (χ2v) is 7.18. The molecule has 32 heavy (non-hydrogen) atoms. The van der Waals surface area contributed by atoms with E-state index in [0.29, 0.717) is 17.8 Å². The Bertz CT molecular complexity index is 1310. The molecule has 0 aliphatic rings. The van der Waals surface area contributed by atoms with Crippen molar-refractivity contribution in [1.82, 2.24) is 25.1 Å². The largest absolute Gasteiger partial charge is 0.345 e. The number of benzene rings is 1. The Balaban J connectivity index is 1.41. The van der Waals surface area contributed by atoms with Gasteiger partial charge in [-0.2, -0.15) is 5.10 Å². The van der Waals surface area contributed by atoms with Gasteiger partial charge in [-0.25, -0.2) is 9.24 Å². The smallest absolute Gasteiger partial charge is 0.270 e. The molecule has 4 aromatic rings. The van der Waals surface area contributed by atoms with Crippen molar-refractivity contribution >= 4 is 11.6 Å². The van der Waals surface area contributed by atoms with Gasteiger partial charge < -0.3 is 5.32 Å². The summed E-state index contributed by atoms with van der Waals surface area (Å²) in [6.07, 6.45) is 4.90. The summed E-state index contributed by atoms with van der Waals surface area (Å²) < 4.78 is 16.2. The maximum atomic E-state index is 14.5. The van der Waals surface area contributed by atoms with Crippen LogP contribution >= 0.6 is 0 Å². The van der Waals surface area contributed by atoms with E-state index in [0.717, 1.165) is 16.8 Å². The van der Waals surface area contributed by atoms with Crippen LogP contribution in [0.2, 0.25) is 0 Å². The first-order chi connectivity index (χ1) is 15.5. The Morgan fingerprint density at radius 3 is 2.78 bits per heavy atom. The van der Waals surface area contributed by atoms with Crippen molar-refractivity contribution in [2.24, 2.45) is 0 Å². The lowest BCUT2D eigenvalue weighted by Gasteiger charge is -2.07. The minimum atomic E-state index is -0.499. The fraction of sp³-hybridized carbons (Fsp3) is 0.125. The molecule has 4 rings (SSSR count). The van der Waals surface area contributed by atoms with Crippen LogP contribution in [-0.4, -0.2) is 25.7 Å². The lowest BCUT2D eigenvalue weighted by molar-refractivity contribution is 0.0945. The zero-order valence-electron chi connectivity index (χ0n) is 17.3. The number of nitrogens with zero attached hydrogens (tertiary/aromatic N) is 5. The molecule has 0 saturated heterocycles. The van der Waals surface area contributed by atoms with Crippen LogP contribution < -0.4 is 5.32 Å². The molecule has 0 bridgehead atoms. The molecule has 0 aliphatic carbocycles. The van der Waals surface area contributed by atoms with E-state index >= 15 is 0 Å². The third kappa shape index (κ3) is 4.68. The molecule has 0 spiro atoms. The summed E-state index contributed by atoms with van der Waals surface area (Å²) in [4.78, 5) is 23.7. The highest BCUT2D eigenvalue weighted by molar-refractivity contribution is 5.92. The van der Waals surface area contributed by atoms with Crippen molar-refractivity contribution < 1.29 is 9.18 Å². The number of aromatic nitrogens is 4. The first-order valence-corrected chi connectivity index (χ1v) is 9.88. The molecular formula is C24H19FN6O. The minimum absolute atomic E-state index is 0.0343. The molecular weight excluding hydrogens is 407 g/mol. The lowest BCUT2D eigenvalue weighted by Crippen LogP contribution is -2.24. The van der Waals surface area contributed by atoms with Crippen LogP contribution in [0.3, 0.4) is 0 Å². The first-order valence-electron chi connectivity index (χ1n) is 9.88. The summed E-state index contributed by atoms with van der Waals surface area (Å²) in [6, 6.07) is 13.8. The van der Waals surface area contributed by atoms with E-state index in [2.05, 4.69) is 25.2 Å². The maximum Gasteiger partial charge on any atom is 0.270 e. The number of aryl methyl sites for hydroxylation is 1. The third-order valence-electron chi connectivity index (χ3n) is 4.89. The SMILES string of the molecule is [C-]#[N+]c1ccc(-c2ccn(Cc3cnc(CNC(=O)c4ccccn4)c(F)c3)n2)cc1C. The van der Waals surface area contributed by atoms with Gasteiger partial charge in [0.2, 0.25) is 0 Å². The van der Waals surface area contributed by atoms with Gasteiger partial charge >= 0.3 is 0 Å². The first kappa shape index (κ1) is 20.9. The van der Waals surface area contributed by atoms with Crippen LogP contribution in [0, 0.1) is 19.3 Å². The summed E-state index contributed by atoms with van der Waals surface area (Å²) in [6.45, 7) is 9.36. The van der Waals surface area contributed by atoms with Gasteiger partial charge in [-0.15, -0.1) is 0 Å². The number of hydrogen-bond acceptors (Lipinski definition) is 4. The second-order valence-electron chi connectivity index (χ2n) is 7.18. The minimum Gasteiger partial charge on any atom is -0.345 e. The van der Waals surface area contributed by atoms with Crippen molar-refractivity contribution in [3.63, 3.8) is 0 Å². The predicted molar refractivity (Wildman–Crippen MR) is 117 cm³/mol. The monoisotopic (exact) mass is 426 g/mol. The third-order valence-corrected chi connectivity index (χ3v) is 4.89. The van der Waals surface area contributed by atoms with E-state index in [1.54, 1.807) is 35.1 Å². The number of nitrogens with one attached hydrogen (secondary N) is 1. The molecule has 0 atom stereocenters. The van der Waals surface area contributed by atoms with Crippen molar-refractivity contribution in [2.45, 2.75) is 20.0 Å². The van der Waals surface area contributed by atoms with Crippen LogP contribution in [0.4, 0.5) is 10.1 Å². The Labute approximate surface area is 184 Å². The quantitative estimate of drug-likeness (QED) is 0.466. The number of hydrogen-bond donors (Lipinski definition) is 1. The zero-order valence-corrected chi connectivity index (χ0v) is 17.3. The number of halogens is 1. The Kier molecular flexibility index (Phi) is 5.99. The number of carbonyl (C=O) groups is 1. The fourth-order valence-electron chi connectivity index (χ4n) is 3.21. The molecule has 7 nitrogen and oxygen atoms in total. The summed E-state index contributed by atoms with van der Waals surface area (Å²) in [5.41, 5.74) is 4.25. The maximum absolute atomic E-state index is 14.5. The zero-order chi connectivity index (χ0) is 22.5. The van der Waals surface area contributed by atoms with Gasteiger partial charge in [0.1, 0.15) is 11.5 Å². The van der Waals surface area contributed by atoms with Gasteiger partial charge in [0.15, 0.2) is 5.69 Å². The van der Waals surface area contributed by atoms with Crippen molar-refractivity contribution in [3.05, 3.63) is 107 Å². The molecule has 0 aliphatic heterocycles. The van der Waals surface area contributed by atoms with Gasteiger partial charge in [-0.05, 0) is 47.9 Å². The number of pyridine rings is 2. The van der Waals surface area contributed by atoms with E-state index in [4.69, 9.17) is 6.57 Å². The molecule has 1 amide bonds. The Morgan fingerprint density at radius 1 is 1.19 bits per heavy atom. The fourth-order valence-corrected chi connectivity index (χ4v) is 3.21. The molecule has 3 heterocycles. The molecule has 0 unspecified atom stereocenters. The standard InChI is InChI=1S/C24H19FN6O/c1-16-11-18(6-7-20(16)26-2)21-8-10-31(30-21)15-17-12-19(25)23(28-13-17)14-29-24(32)22-5-3-4-9-27-22/h3-13H,14-15H2,1H3,(H,29,32). The van der Waals surface area contributed by atoms with E-state index < -0.39 is 5.82 Å². The van der Waals surface area contributed by atoms with Crippen molar-refractivity contribution in [3.8, 4) is 11.3 Å². The highest BCUT2D eigenvalue weighted by Crippen LogP contribution is 2.25. The normalized spacial score (nSPS) is 10.5. The predicted octanol–water partition coefficient (Wildman–Crippen LogP) is 4.32. The summed E-state index contributed by atoms with van der Waals surface area (Å²) in [5.74, 6) is -0.888.